The second-order valence-electron chi connectivity index (χ2n) is 7.54. The smallest absolute Gasteiger partial charge is 0.270 e. The lowest BCUT2D eigenvalue weighted by atomic mass is 10.0. The fourth-order valence-electron chi connectivity index (χ4n) is 4.31. The van der Waals surface area contributed by atoms with Crippen molar-refractivity contribution in [3.05, 3.63) is 64.1 Å². The number of piperidine rings is 1. The first-order chi connectivity index (χ1) is 13.4. The van der Waals surface area contributed by atoms with Gasteiger partial charge in [0.25, 0.3) is 5.69 Å². The lowest BCUT2D eigenvalue weighted by molar-refractivity contribution is -0.384. The van der Waals surface area contributed by atoms with Crippen LogP contribution in [-0.4, -0.2) is 38.0 Å². The first-order valence-corrected chi connectivity index (χ1v) is 9.59. The Kier molecular flexibility index (Phi) is 4.66. The Labute approximate surface area is 163 Å². The monoisotopic (exact) mass is 380 g/mol. The van der Waals surface area contributed by atoms with Crippen LogP contribution < -0.4 is 0 Å². The molecule has 0 unspecified atom stereocenters. The number of nitro benzene ring substituents is 1. The van der Waals surface area contributed by atoms with Gasteiger partial charge in [0, 0.05) is 59.8 Å². The maximum atomic E-state index is 12.8. The van der Waals surface area contributed by atoms with E-state index in [1.54, 1.807) is 12.1 Å². The molecule has 1 saturated heterocycles. The predicted molar refractivity (Wildman–Crippen MR) is 107 cm³/mol. The summed E-state index contributed by atoms with van der Waals surface area (Å²) in [5.74, 6) is 0.0928. The summed E-state index contributed by atoms with van der Waals surface area (Å²) in [5.41, 5.74) is 3.45. The number of fused-ring (bicyclic) bond motifs is 1. The molecule has 1 amide bonds. The highest BCUT2D eigenvalue weighted by molar-refractivity contribution is 5.85. The van der Waals surface area contributed by atoms with Crippen molar-refractivity contribution < 1.29 is 9.72 Å². The number of amides is 1. The number of nitrogens with zero attached hydrogens (tertiary/aromatic N) is 4. The number of likely N-dealkylation sites (tertiary alicyclic amines) is 1. The zero-order valence-electron chi connectivity index (χ0n) is 16.2. The minimum Gasteiger partial charge on any atom is -0.346 e. The summed E-state index contributed by atoms with van der Waals surface area (Å²) >= 11 is 0. The highest BCUT2D eigenvalue weighted by Crippen LogP contribution is 2.27. The molecule has 3 heterocycles. The molecule has 4 rings (SSSR count). The third kappa shape index (κ3) is 3.28. The Hall–Kier alpha value is -3.09. The van der Waals surface area contributed by atoms with Crippen LogP contribution in [0.3, 0.4) is 0 Å². The summed E-state index contributed by atoms with van der Waals surface area (Å²) in [6, 6.07) is 11.3. The van der Waals surface area contributed by atoms with Gasteiger partial charge in [-0.15, -0.1) is 0 Å². The second kappa shape index (κ2) is 7.14. The Bertz CT molecular complexity index is 1020. The van der Waals surface area contributed by atoms with Gasteiger partial charge in [0.15, 0.2) is 0 Å². The Morgan fingerprint density at radius 1 is 1.11 bits per heavy atom. The van der Waals surface area contributed by atoms with Crippen LogP contribution in [0, 0.1) is 24.0 Å². The predicted octanol–water partition coefficient (Wildman–Crippen LogP) is 3.83. The van der Waals surface area contributed by atoms with E-state index in [-0.39, 0.29) is 18.1 Å². The minimum absolute atomic E-state index is 0.0641. The molecule has 0 radical (unpaired) electrons. The van der Waals surface area contributed by atoms with E-state index in [0.717, 1.165) is 36.8 Å². The van der Waals surface area contributed by atoms with E-state index in [9.17, 15) is 14.9 Å². The summed E-state index contributed by atoms with van der Waals surface area (Å²) in [6.07, 6.45) is 3.74. The molecule has 0 N–H and O–H groups in total. The van der Waals surface area contributed by atoms with Gasteiger partial charge in [0.2, 0.25) is 5.91 Å². The van der Waals surface area contributed by atoms with Crippen LogP contribution in [0.2, 0.25) is 0 Å². The molecule has 0 spiro atoms. The van der Waals surface area contributed by atoms with Crippen molar-refractivity contribution in [2.45, 2.75) is 39.3 Å². The first-order valence-electron chi connectivity index (χ1n) is 9.59. The molecule has 0 saturated carbocycles. The number of nitro groups is 1. The number of aromatic nitrogens is 2. The number of rotatable bonds is 4. The summed E-state index contributed by atoms with van der Waals surface area (Å²) in [4.78, 5) is 25.3. The fourth-order valence-corrected chi connectivity index (χ4v) is 4.31. The SMILES string of the molecule is Cc1ccc(C)n1C1CCN(C(=O)Cn2ccc3cc([N+](=O)[O-])ccc32)CC1. The average molecular weight is 380 g/mol. The molecule has 0 bridgehead atoms. The van der Waals surface area contributed by atoms with Crippen LogP contribution in [0.1, 0.15) is 30.3 Å². The molecule has 0 atom stereocenters. The van der Waals surface area contributed by atoms with Crippen molar-refractivity contribution in [1.29, 1.82) is 0 Å². The maximum Gasteiger partial charge on any atom is 0.270 e. The average Bonchev–Trinajstić information content (AvgIpc) is 3.24. The van der Waals surface area contributed by atoms with Gasteiger partial charge < -0.3 is 14.0 Å². The van der Waals surface area contributed by atoms with E-state index in [2.05, 4.69) is 30.5 Å². The van der Waals surface area contributed by atoms with Crippen molar-refractivity contribution in [1.82, 2.24) is 14.0 Å². The van der Waals surface area contributed by atoms with Gasteiger partial charge in [-0.3, -0.25) is 14.9 Å². The number of benzene rings is 1. The first kappa shape index (κ1) is 18.3. The standard InChI is InChI=1S/C21H24N4O3/c1-15-3-4-16(2)24(15)18-8-11-22(12-9-18)21(26)14-23-10-7-17-13-19(25(27)28)5-6-20(17)23/h3-7,10,13,18H,8-9,11-12,14H2,1-2H3. The van der Waals surface area contributed by atoms with Gasteiger partial charge in [-0.25, -0.2) is 0 Å². The highest BCUT2D eigenvalue weighted by atomic mass is 16.6. The molecule has 146 valence electrons. The van der Waals surface area contributed by atoms with Gasteiger partial charge in [0.1, 0.15) is 6.54 Å². The lowest BCUT2D eigenvalue weighted by Gasteiger charge is -2.34. The third-order valence-electron chi connectivity index (χ3n) is 5.78. The lowest BCUT2D eigenvalue weighted by Crippen LogP contribution is -2.40. The van der Waals surface area contributed by atoms with E-state index in [1.807, 2.05) is 21.7 Å². The van der Waals surface area contributed by atoms with Crippen molar-refractivity contribution in [2.75, 3.05) is 13.1 Å². The quantitative estimate of drug-likeness (QED) is 0.510. The van der Waals surface area contributed by atoms with E-state index >= 15 is 0 Å². The van der Waals surface area contributed by atoms with Gasteiger partial charge >= 0.3 is 0 Å². The van der Waals surface area contributed by atoms with Crippen molar-refractivity contribution in [2.24, 2.45) is 0 Å². The Balaban J connectivity index is 1.42. The zero-order valence-corrected chi connectivity index (χ0v) is 16.2. The van der Waals surface area contributed by atoms with Gasteiger partial charge in [-0.05, 0) is 51.0 Å². The van der Waals surface area contributed by atoms with E-state index in [0.29, 0.717) is 6.04 Å². The number of carbonyl (C=O) groups excluding carboxylic acids is 1. The van der Waals surface area contributed by atoms with E-state index in [1.165, 1.54) is 17.5 Å². The molecule has 7 heteroatoms. The summed E-state index contributed by atoms with van der Waals surface area (Å²) in [7, 11) is 0. The summed E-state index contributed by atoms with van der Waals surface area (Å²) in [6.45, 7) is 6.03. The summed E-state index contributed by atoms with van der Waals surface area (Å²) < 4.78 is 4.25. The van der Waals surface area contributed by atoms with E-state index in [4.69, 9.17) is 0 Å². The number of carbonyl (C=O) groups is 1. The molecule has 1 aromatic carbocycles. The molecule has 1 aliphatic heterocycles. The molecule has 7 nitrogen and oxygen atoms in total. The highest BCUT2D eigenvalue weighted by Gasteiger charge is 2.25. The van der Waals surface area contributed by atoms with Crippen LogP contribution in [0.25, 0.3) is 10.9 Å². The van der Waals surface area contributed by atoms with Gasteiger partial charge in [0.05, 0.1) is 4.92 Å². The number of non-ortho nitro benzene ring substituents is 1. The van der Waals surface area contributed by atoms with Gasteiger partial charge in [-0.1, -0.05) is 0 Å². The Morgan fingerprint density at radius 2 is 1.79 bits per heavy atom. The number of aryl methyl sites for hydroxylation is 2. The zero-order chi connectivity index (χ0) is 19.8. The molecule has 28 heavy (non-hydrogen) atoms. The summed E-state index contributed by atoms with van der Waals surface area (Å²) in [5, 5.41) is 11.7. The maximum absolute atomic E-state index is 12.8. The topological polar surface area (TPSA) is 73.3 Å². The Morgan fingerprint density at radius 3 is 2.43 bits per heavy atom. The molecule has 1 fully saturated rings. The normalized spacial score (nSPS) is 15.3. The van der Waals surface area contributed by atoms with Crippen molar-refractivity contribution >= 4 is 22.5 Å². The second-order valence-corrected chi connectivity index (χ2v) is 7.54. The van der Waals surface area contributed by atoms with Crippen LogP contribution in [-0.2, 0) is 11.3 Å². The van der Waals surface area contributed by atoms with E-state index < -0.39 is 4.92 Å². The van der Waals surface area contributed by atoms with Crippen LogP contribution in [0.5, 0.6) is 0 Å². The molecule has 2 aromatic heterocycles. The van der Waals surface area contributed by atoms with Crippen LogP contribution in [0.15, 0.2) is 42.6 Å². The number of hydrogen-bond acceptors (Lipinski definition) is 3. The van der Waals surface area contributed by atoms with Crippen LogP contribution in [0.4, 0.5) is 5.69 Å². The third-order valence-corrected chi connectivity index (χ3v) is 5.78. The molecule has 0 aliphatic carbocycles. The molecular weight excluding hydrogens is 356 g/mol. The number of hydrogen-bond donors (Lipinski definition) is 0. The fraction of sp³-hybridized carbons (Fsp3) is 0.381. The molecule has 1 aliphatic rings. The largest absolute Gasteiger partial charge is 0.346 e. The van der Waals surface area contributed by atoms with Crippen molar-refractivity contribution in [3.63, 3.8) is 0 Å². The minimum atomic E-state index is -0.403. The molecule has 3 aromatic rings. The van der Waals surface area contributed by atoms with Crippen molar-refractivity contribution in [3.8, 4) is 0 Å². The van der Waals surface area contributed by atoms with Crippen LogP contribution >= 0.6 is 0 Å². The molecular formula is C21H24N4O3. The van der Waals surface area contributed by atoms with Gasteiger partial charge in [-0.2, -0.15) is 0 Å².